The van der Waals surface area contributed by atoms with Crippen molar-refractivity contribution in [2.45, 2.75) is 13.3 Å². The van der Waals surface area contributed by atoms with Crippen LogP contribution in [-0.4, -0.2) is 40.0 Å². The average Bonchev–Trinajstić information content (AvgIpc) is 2.73. The van der Waals surface area contributed by atoms with E-state index in [1.807, 2.05) is 0 Å². The van der Waals surface area contributed by atoms with E-state index in [0.29, 0.717) is 18.0 Å². The number of carbonyl (C=O) groups is 2. The lowest BCUT2D eigenvalue weighted by atomic mass is 9.90. The second-order valence-corrected chi connectivity index (χ2v) is 5.14. The van der Waals surface area contributed by atoms with Crippen LogP contribution >= 0.6 is 11.6 Å². The molecule has 0 saturated carbocycles. The maximum atomic E-state index is 12.1. The van der Waals surface area contributed by atoms with Gasteiger partial charge in [-0.3, -0.25) is 9.59 Å². The zero-order chi connectivity index (χ0) is 13.3. The summed E-state index contributed by atoms with van der Waals surface area (Å²) in [6.45, 7) is 2.30. The van der Waals surface area contributed by atoms with Gasteiger partial charge in [0.1, 0.15) is 5.69 Å². The summed E-state index contributed by atoms with van der Waals surface area (Å²) < 4.78 is 0. The SMILES string of the molecule is C[C@@]1(C(=O)O)CCN(C(=O)c2ccc(Cl)cn2)C1. The van der Waals surface area contributed by atoms with Gasteiger partial charge in [0.15, 0.2) is 0 Å². The van der Waals surface area contributed by atoms with E-state index in [2.05, 4.69) is 4.98 Å². The molecule has 0 spiro atoms. The van der Waals surface area contributed by atoms with Crippen LogP contribution in [0.5, 0.6) is 0 Å². The molecular weight excluding hydrogens is 256 g/mol. The molecule has 1 amide bonds. The van der Waals surface area contributed by atoms with Crippen molar-refractivity contribution in [3.63, 3.8) is 0 Å². The van der Waals surface area contributed by atoms with Crippen LogP contribution in [0, 0.1) is 5.41 Å². The van der Waals surface area contributed by atoms with E-state index in [1.54, 1.807) is 19.1 Å². The molecular formula is C12H13ClN2O3. The van der Waals surface area contributed by atoms with E-state index in [1.165, 1.54) is 11.1 Å². The number of carboxylic acid groups (broad SMARTS) is 1. The summed E-state index contributed by atoms with van der Waals surface area (Å²) in [4.78, 5) is 28.7. The Morgan fingerprint density at radius 3 is 2.72 bits per heavy atom. The zero-order valence-electron chi connectivity index (χ0n) is 9.89. The third-order valence-electron chi connectivity index (χ3n) is 3.22. The van der Waals surface area contributed by atoms with Crippen LogP contribution in [0.1, 0.15) is 23.8 Å². The minimum absolute atomic E-state index is 0.214. The zero-order valence-corrected chi connectivity index (χ0v) is 10.6. The molecule has 2 rings (SSSR count). The molecule has 0 unspecified atom stereocenters. The molecule has 1 fully saturated rings. The fraction of sp³-hybridized carbons (Fsp3) is 0.417. The molecule has 0 aromatic carbocycles. The predicted octanol–water partition coefficient (Wildman–Crippen LogP) is 1.67. The summed E-state index contributed by atoms with van der Waals surface area (Å²) in [5.41, 5.74) is -0.573. The average molecular weight is 269 g/mol. The third-order valence-corrected chi connectivity index (χ3v) is 3.45. The van der Waals surface area contributed by atoms with Crippen LogP contribution in [0.2, 0.25) is 5.02 Å². The molecule has 5 nitrogen and oxygen atoms in total. The highest BCUT2D eigenvalue weighted by Crippen LogP contribution is 2.30. The van der Waals surface area contributed by atoms with Gasteiger partial charge in [0.05, 0.1) is 10.4 Å². The van der Waals surface area contributed by atoms with E-state index < -0.39 is 11.4 Å². The van der Waals surface area contributed by atoms with Gasteiger partial charge in [-0.1, -0.05) is 11.6 Å². The predicted molar refractivity (Wildman–Crippen MR) is 65.5 cm³/mol. The van der Waals surface area contributed by atoms with Gasteiger partial charge in [-0.05, 0) is 25.5 Å². The summed E-state index contributed by atoms with van der Waals surface area (Å²) in [5, 5.41) is 9.57. The largest absolute Gasteiger partial charge is 0.481 e. The van der Waals surface area contributed by atoms with Crippen LogP contribution in [0.4, 0.5) is 0 Å². The molecule has 0 radical (unpaired) electrons. The number of nitrogens with zero attached hydrogens (tertiary/aromatic N) is 2. The van der Waals surface area contributed by atoms with Crippen LogP contribution in [-0.2, 0) is 4.79 Å². The normalized spacial score (nSPS) is 23.1. The summed E-state index contributed by atoms with van der Waals surface area (Å²) >= 11 is 5.70. The highest BCUT2D eigenvalue weighted by Gasteiger charge is 2.42. The first kappa shape index (κ1) is 12.8. The first-order valence-corrected chi connectivity index (χ1v) is 5.94. The number of amides is 1. The molecule has 0 bridgehead atoms. The molecule has 1 aliphatic heterocycles. The van der Waals surface area contributed by atoms with Crippen molar-refractivity contribution in [1.29, 1.82) is 0 Å². The number of carboxylic acids is 1. The smallest absolute Gasteiger partial charge is 0.311 e. The van der Waals surface area contributed by atoms with Crippen molar-refractivity contribution in [3.05, 3.63) is 29.0 Å². The maximum absolute atomic E-state index is 12.1. The Morgan fingerprint density at radius 2 is 2.22 bits per heavy atom. The molecule has 1 aliphatic rings. The maximum Gasteiger partial charge on any atom is 0.311 e. The Bertz CT molecular complexity index is 489. The standard InChI is InChI=1S/C12H13ClN2O3/c1-12(11(17)18)4-5-15(7-12)10(16)9-3-2-8(13)6-14-9/h2-3,6H,4-5,7H2,1H3,(H,17,18)/t12-/m1/s1. The lowest BCUT2D eigenvalue weighted by molar-refractivity contribution is -0.147. The van der Waals surface area contributed by atoms with Gasteiger partial charge in [0.25, 0.3) is 5.91 Å². The van der Waals surface area contributed by atoms with Gasteiger partial charge in [0.2, 0.25) is 0 Å². The summed E-state index contributed by atoms with van der Waals surface area (Å²) in [5.74, 6) is -1.13. The molecule has 96 valence electrons. The number of likely N-dealkylation sites (tertiary alicyclic amines) is 1. The fourth-order valence-corrected chi connectivity index (χ4v) is 2.09. The number of halogens is 1. The van der Waals surface area contributed by atoms with Crippen molar-refractivity contribution in [2.24, 2.45) is 5.41 Å². The summed E-state index contributed by atoms with van der Waals surface area (Å²) in [6.07, 6.45) is 1.86. The monoisotopic (exact) mass is 268 g/mol. The number of aromatic nitrogens is 1. The Labute approximate surface area is 109 Å². The first-order valence-electron chi connectivity index (χ1n) is 5.57. The molecule has 1 aromatic heterocycles. The van der Waals surface area contributed by atoms with Gasteiger partial charge in [-0.25, -0.2) is 4.98 Å². The van der Waals surface area contributed by atoms with E-state index in [9.17, 15) is 9.59 Å². The molecule has 6 heteroatoms. The Balaban J connectivity index is 2.12. The highest BCUT2D eigenvalue weighted by atomic mass is 35.5. The number of hydrogen-bond acceptors (Lipinski definition) is 3. The third kappa shape index (κ3) is 2.31. The van der Waals surface area contributed by atoms with Crippen LogP contribution in [0.3, 0.4) is 0 Å². The Hall–Kier alpha value is -1.62. The van der Waals surface area contributed by atoms with Crippen molar-refractivity contribution in [1.82, 2.24) is 9.88 Å². The number of hydrogen-bond donors (Lipinski definition) is 1. The number of pyridine rings is 1. The summed E-state index contributed by atoms with van der Waals surface area (Å²) in [7, 11) is 0. The van der Waals surface area contributed by atoms with Gasteiger partial charge in [-0.15, -0.1) is 0 Å². The van der Waals surface area contributed by atoms with E-state index in [0.717, 1.165) is 0 Å². The van der Waals surface area contributed by atoms with Crippen molar-refractivity contribution in [3.8, 4) is 0 Å². The van der Waals surface area contributed by atoms with Crippen molar-refractivity contribution in [2.75, 3.05) is 13.1 Å². The van der Waals surface area contributed by atoms with Gasteiger partial charge in [-0.2, -0.15) is 0 Å². The molecule has 0 aliphatic carbocycles. The highest BCUT2D eigenvalue weighted by molar-refractivity contribution is 6.30. The minimum atomic E-state index is -0.873. The number of aliphatic carboxylic acids is 1. The first-order chi connectivity index (χ1) is 8.42. The molecule has 1 saturated heterocycles. The van der Waals surface area contributed by atoms with E-state index in [4.69, 9.17) is 16.7 Å². The minimum Gasteiger partial charge on any atom is -0.481 e. The van der Waals surface area contributed by atoms with Crippen LogP contribution in [0.25, 0.3) is 0 Å². The molecule has 1 aromatic rings. The fourth-order valence-electron chi connectivity index (χ4n) is 1.97. The molecule has 18 heavy (non-hydrogen) atoms. The van der Waals surface area contributed by atoms with Gasteiger partial charge < -0.3 is 10.0 Å². The summed E-state index contributed by atoms with van der Waals surface area (Å²) in [6, 6.07) is 3.13. The van der Waals surface area contributed by atoms with Gasteiger partial charge >= 0.3 is 5.97 Å². The van der Waals surface area contributed by atoms with Crippen molar-refractivity contribution < 1.29 is 14.7 Å². The lowest BCUT2D eigenvalue weighted by Crippen LogP contribution is -2.35. The van der Waals surface area contributed by atoms with Crippen molar-refractivity contribution >= 4 is 23.5 Å². The van der Waals surface area contributed by atoms with E-state index in [-0.39, 0.29) is 18.1 Å². The second-order valence-electron chi connectivity index (χ2n) is 4.70. The van der Waals surface area contributed by atoms with Crippen LogP contribution < -0.4 is 0 Å². The Kier molecular flexibility index (Phi) is 3.26. The quantitative estimate of drug-likeness (QED) is 0.886. The molecule has 2 heterocycles. The number of carbonyl (C=O) groups excluding carboxylic acids is 1. The topological polar surface area (TPSA) is 70.5 Å². The second kappa shape index (κ2) is 4.57. The number of rotatable bonds is 2. The Morgan fingerprint density at radius 1 is 1.50 bits per heavy atom. The van der Waals surface area contributed by atoms with E-state index >= 15 is 0 Å². The lowest BCUT2D eigenvalue weighted by Gasteiger charge is -2.19. The molecule has 1 N–H and O–H groups in total. The van der Waals surface area contributed by atoms with Crippen LogP contribution in [0.15, 0.2) is 18.3 Å². The molecule has 1 atom stereocenters. The van der Waals surface area contributed by atoms with Gasteiger partial charge in [0, 0.05) is 19.3 Å².